The Labute approximate surface area is 154 Å². The number of thiophene rings is 1. The zero-order chi connectivity index (χ0) is 17.6. The number of carbonyl (C=O) groups excluding carboxylic acids is 1. The molecular weight excluding hydrogens is 330 g/mol. The molecule has 25 heavy (non-hydrogen) atoms. The Morgan fingerprint density at radius 2 is 2.16 bits per heavy atom. The molecule has 1 aromatic carbocycles. The van der Waals surface area contributed by atoms with Gasteiger partial charge in [-0.1, -0.05) is 37.3 Å². The molecule has 1 aliphatic rings. The van der Waals surface area contributed by atoms with Crippen LogP contribution < -0.4 is 10.6 Å². The van der Waals surface area contributed by atoms with E-state index in [4.69, 9.17) is 0 Å². The molecule has 1 aliphatic heterocycles. The first kappa shape index (κ1) is 18.1. The first-order chi connectivity index (χ1) is 12.2. The lowest BCUT2D eigenvalue weighted by atomic mass is 10.0. The van der Waals surface area contributed by atoms with Gasteiger partial charge in [-0.2, -0.15) is 0 Å². The second-order valence-electron chi connectivity index (χ2n) is 6.59. The van der Waals surface area contributed by atoms with E-state index in [0.717, 1.165) is 26.1 Å². The highest BCUT2D eigenvalue weighted by Crippen LogP contribution is 2.23. The van der Waals surface area contributed by atoms with E-state index in [2.05, 4.69) is 52.8 Å². The Morgan fingerprint density at radius 3 is 2.84 bits per heavy atom. The van der Waals surface area contributed by atoms with Crippen LogP contribution in [0.15, 0.2) is 41.8 Å². The van der Waals surface area contributed by atoms with E-state index in [1.807, 2.05) is 18.4 Å². The van der Waals surface area contributed by atoms with Crippen molar-refractivity contribution in [2.24, 2.45) is 0 Å². The molecule has 0 bridgehead atoms. The molecule has 2 unspecified atom stereocenters. The van der Waals surface area contributed by atoms with Gasteiger partial charge in [-0.05, 0) is 35.9 Å². The molecule has 1 saturated heterocycles. The van der Waals surface area contributed by atoms with Gasteiger partial charge in [-0.3, -0.25) is 9.69 Å². The van der Waals surface area contributed by atoms with Gasteiger partial charge in [0.05, 0.1) is 12.6 Å². The Balaban J connectivity index is 1.63. The van der Waals surface area contributed by atoms with E-state index in [0.29, 0.717) is 6.54 Å². The number of hydrogen-bond acceptors (Lipinski definition) is 4. The van der Waals surface area contributed by atoms with E-state index in [-0.39, 0.29) is 18.0 Å². The average molecular weight is 358 g/mol. The van der Waals surface area contributed by atoms with Crippen LogP contribution in [-0.4, -0.2) is 37.0 Å². The summed E-state index contributed by atoms with van der Waals surface area (Å²) in [6, 6.07) is 13.2. The minimum Gasteiger partial charge on any atom is -0.348 e. The zero-order valence-corrected chi connectivity index (χ0v) is 15.8. The zero-order valence-electron chi connectivity index (χ0n) is 15.0. The summed E-state index contributed by atoms with van der Waals surface area (Å²) >= 11 is 1.68. The van der Waals surface area contributed by atoms with E-state index in [1.54, 1.807) is 11.3 Å². The minimum absolute atomic E-state index is 0.0673. The van der Waals surface area contributed by atoms with Crippen molar-refractivity contribution in [3.63, 3.8) is 0 Å². The predicted octanol–water partition coefficient (Wildman–Crippen LogP) is 3.13. The van der Waals surface area contributed by atoms with Gasteiger partial charge < -0.3 is 10.6 Å². The van der Waals surface area contributed by atoms with Gasteiger partial charge in [0.2, 0.25) is 5.91 Å². The fourth-order valence-corrected chi connectivity index (χ4v) is 4.05. The summed E-state index contributed by atoms with van der Waals surface area (Å²) in [6.07, 6.45) is 1.05. The molecule has 3 rings (SSSR count). The van der Waals surface area contributed by atoms with E-state index in [9.17, 15) is 4.79 Å². The first-order valence-corrected chi connectivity index (χ1v) is 9.91. The lowest BCUT2D eigenvalue weighted by Crippen LogP contribution is -2.49. The molecule has 4 nitrogen and oxygen atoms in total. The number of aryl methyl sites for hydroxylation is 1. The molecule has 2 heterocycles. The average Bonchev–Trinajstić information content (AvgIpc) is 3.17. The van der Waals surface area contributed by atoms with Gasteiger partial charge in [0.1, 0.15) is 0 Å². The van der Waals surface area contributed by atoms with Crippen molar-refractivity contribution in [1.82, 2.24) is 15.5 Å². The summed E-state index contributed by atoms with van der Waals surface area (Å²) in [5.41, 5.74) is 2.63. The fourth-order valence-electron chi connectivity index (χ4n) is 3.32. The number of amides is 1. The van der Waals surface area contributed by atoms with Crippen molar-refractivity contribution in [2.45, 2.75) is 32.4 Å². The maximum absolute atomic E-state index is 12.5. The van der Waals surface area contributed by atoms with Crippen LogP contribution in [0.3, 0.4) is 0 Å². The van der Waals surface area contributed by atoms with E-state index < -0.39 is 0 Å². The monoisotopic (exact) mass is 357 g/mol. The van der Waals surface area contributed by atoms with Gasteiger partial charge in [0.15, 0.2) is 0 Å². The number of carbonyl (C=O) groups is 1. The van der Waals surface area contributed by atoms with Crippen LogP contribution in [-0.2, 0) is 11.2 Å². The smallest absolute Gasteiger partial charge is 0.234 e. The molecule has 2 aromatic rings. The van der Waals surface area contributed by atoms with Crippen LogP contribution in [0.25, 0.3) is 0 Å². The lowest BCUT2D eigenvalue weighted by Gasteiger charge is -2.36. The summed E-state index contributed by atoms with van der Waals surface area (Å²) in [6.45, 7) is 7.36. The van der Waals surface area contributed by atoms with Crippen molar-refractivity contribution < 1.29 is 4.79 Å². The summed E-state index contributed by atoms with van der Waals surface area (Å²) in [5.74, 6) is 0.0954. The lowest BCUT2D eigenvalue weighted by molar-refractivity contribution is -0.123. The molecule has 0 saturated carbocycles. The number of rotatable bonds is 6. The van der Waals surface area contributed by atoms with E-state index >= 15 is 0 Å². The molecule has 2 N–H and O–H groups in total. The molecule has 0 radical (unpaired) electrons. The van der Waals surface area contributed by atoms with Crippen LogP contribution in [0.1, 0.15) is 41.9 Å². The Morgan fingerprint density at radius 1 is 1.36 bits per heavy atom. The van der Waals surface area contributed by atoms with Crippen molar-refractivity contribution >= 4 is 17.2 Å². The number of piperazine rings is 1. The largest absolute Gasteiger partial charge is 0.348 e. The van der Waals surface area contributed by atoms with Gasteiger partial charge in [0.25, 0.3) is 0 Å². The normalized spacial score (nSPS) is 19.5. The molecule has 2 atom stereocenters. The molecule has 134 valence electrons. The third-order valence-electron chi connectivity index (χ3n) is 4.82. The molecule has 0 spiro atoms. The standard InChI is InChI=1S/C20H27N3OS/c1-3-16-6-8-17(9-7-16)18-13-21-10-11-23(18)14-20(24)22-15(2)19-5-4-12-25-19/h4-9,12,15,18,21H,3,10-11,13-14H2,1-2H3,(H,22,24). The highest BCUT2D eigenvalue weighted by Gasteiger charge is 2.26. The summed E-state index contributed by atoms with van der Waals surface area (Å²) in [7, 11) is 0. The Hall–Kier alpha value is -1.69. The predicted molar refractivity (Wildman–Crippen MR) is 104 cm³/mol. The van der Waals surface area contributed by atoms with Crippen LogP contribution in [0, 0.1) is 0 Å². The van der Waals surface area contributed by atoms with Crippen LogP contribution in [0.5, 0.6) is 0 Å². The molecule has 1 amide bonds. The Kier molecular flexibility index (Phi) is 6.24. The first-order valence-electron chi connectivity index (χ1n) is 9.03. The molecule has 1 fully saturated rings. The maximum atomic E-state index is 12.5. The van der Waals surface area contributed by atoms with Crippen LogP contribution in [0.4, 0.5) is 0 Å². The van der Waals surface area contributed by atoms with Crippen molar-refractivity contribution in [3.05, 3.63) is 57.8 Å². The molecular formula is C20H27N3OS. The third-order valence-corrected chi connectivity index (χ3v) is 5.88. The third kappa shape index (κ3) is 4.69. The SMILES string of the molecule is CCc1ccc(C2CNCCN2CC(=O)NC(C)c2cccs2)cc1. The van der Waals surface area contributed by atoms with Crippen LogP contribution in [0.2, 0.25) is 0 Å². The topological polar surface area (TPSA) is 44.4 Å². The van der Waals surface area contributed by atoms with Crippen molar-refractivity contribution in [2.75, 3.05) is 26.2 Å². The summed E-state index contributed by atoms with van der Waals surface area (Å²) in [4.78, 5) is 16.0. The maximum Gasteiger partial charge on any atom is 0.234 e. The highest BCUT2D eigenvalue weighted by atomic mass is 32.1. The van der Waals surface area contributed by atoms with Crippen molar-refractivity contribution in [1.29, 1.82) is 0 Å². The number of benzene rings is 1. The van der Waals surface area contributed by atoms with Crippen molar-refractivity contribution in [3.8, 4) is 0 Å². The summed E-state index contributed by atoms with van der Waals surface area (Å²) < 4.78 is 0. The van der Waals surface area contributed by atoms with Gasteiger partial charge in [-0.25, -0.2) is 0 Å². The molecule has 1 aromatic heterocycles. The number of hydrogen-bond donors (Lipinski definition) is 2. The quantitative estimate of drug-likeness (QED) is 0.835. The highest BCUT2D eigenvalue weighted by molar-refractivity contribution is 7.10. The number of nitrogens with zero attached hydrogens (tertiary/aromatic N) is 1. The second-order valence-corrected chi connectivity index (χ2v) is 7.57. The fraction of sp³-hybridized carbons (Fsp3) is 0.450. The van der Waals surface area contributed by atoms with Gasteiger partial charge in [-0.15, -0.1) is 11.3 Å². The summed E-state index contributed by atoms with van der Waals surface area (Å²) in [5, 5.41) is 8.63. The Bertz CT molecular complexity index is 669. The van der Waals surface area contributed by atoms with Gasteiger partial charge in [0, 0.05) is 30.6 Å². The van der Waals surface area contributed by atoms with E-state index in [1.165, 1.54) is 16.0 Å². The van der Waals surface area contributed by atoms with Gasteiger partial charge >= 0.3 is 0 Å². The minimum atomic E-state index is 0.0673. The number of nitrogens with one attached hydrogen (secondary N) is 2. The molecule has 0 aliphatic carbocycles. The van der Waals surface area contributed by atoms with Crippen LogP contribution >= 0.6 is 11.3 Å². The molecule has 5 heteroatoms. The second kappa shape index (κ2) is 8.61.